The summed E-state index contributed by atoms with van der Waals surface area (Å²) in [5.41, 5.74) is 3.78. The van der Waals surface area contributed by atoms with Crippen LogP contribution in [-0.2, 0) is 4.74 Å². The highest BCUT2D eigenvalue weighted by Gasteiger charge is 2.49. The molecule has 0 aromatic heterocycles. The summed E-state index contributed by atoms with van der Waals surface area (Å²) in [5, 5.41) is 0. The van der Waals surface area contributed by atoms with E-state index in [2.05, 4.69) is 45.3 Å². The summed E-state index contributed by atoms with van der Waals surface area (Å²) < 4.78 is 11.8. The molecule has 21 heavy (non-hydrogen) atoms. The molecule has 1 aromatic carbocycles. The zero-order valence-corrected chi connectivity index (χ0v) is 13.8. The molecule has 0 bridgehead atoms. The third-order valence-electron chi connectivity index (χ3n) is 4.25. The second kappa shape index (κ2) is 5.95. The van der Waals surface area contributed by atoms with E-state index in [-0.39, 0.29) is 17.2 Å². The fourth-order valence-corrected chi connectivity index (χ4v) is 3.53. The zero-order valence-electron chi connectivity index (χ0n) is 13.8. The highest BCUT2D eigenvalue weighted by molar-refractivity contribution is 5.31. The predicted octanol–water partition coefficient (Wildman–Crippen LogP) is 3.18. The molecular weight excluding hydrogens is 264 g/mol. The van der Waals surface area contributed by atoms with Gasteiger partial charge in [0.1, 0.15) is 5.75 Å². The summed E-state index contributed by atoms with van der Waals surface area (Å²) in [6, 6.07) is 8.19. The molecule has 4 nitrogen and oxygen atoms in total. The van der Waals surface area contributed by atoms with Gasteiger partial charge in [0, 0.05) is 5.92 Å². The second-order valence-electron chi connectivity index (χ2n) is 6.93. The van der Waals surface area contributed by atoms with Crippen LogP contribution >= 0.6 is 0 Å². The summed E-state index contributed by atoms with van der Waals surface area (Å²) in [4.78, 5) is 0. The lowest BCUT2D eigenvalue weighted by atomic mass is 9.79. The van der Waals surface area contributed by atoms with Crippen LogP contribution in [-0.4, -0.2) is 17.8 Å². The van der Waals surface area contributed by atoms with Gasteiger partial charge in [-0.1, -0.05) is 12.1 Å². The molecule has 1 aliphatic heterocycles. The maximum Gasteiger partial charge on any atom is 0.119 e. The van der Waals surface area contributed by atoms with Gasteiger partial charge >= 0.3 is 0 Å². The maximum absolute atomic E-state index is 6.20. The average molecular weight is 292 g/mol. The van der Waals surface area contributed by atoms with Gasteiger partial charge in [0.05, 0.1) is 23.9 Å². The molecule has 0 amide bonds. The minimum Gasteiger partial charge on any atom is -0.494 e. The van der Waals surface area contributed by atoms with Crippen LogP contribution in [0.15, 0.2) is 24.3 Å². The Balaban J connectivity index is 2.29. The summed E-state index contributed by atoms with van der Waals surface area (Å²) in [6.45, 7) is 11.2. The summed E-state index contributed by atoms with van der Waals surface area (Å²) in [7, 11) is 0. The van der Waals surface area contributed by atoms with Gasteiger partial charge in [-0.2, -0.15) is 0 Å². The first kappa shape index (κ1) is 16.3. The van der Waals surface area contributed by atoms with Gasteiger partial charge in [-0.05, 0) is 58.7 Å². The number of hydrazine groups is 1. The third kappa shape index (κ3) is 3.57. The predicted molar refractivity (Wildman–Crippen MR) is 85.0 cm³/mol. The first-order valence-electron chi connectivity index (χ1n) is 7.68. The van der Waals surface area contributed by atoms with Crippen molar-refractivity contribution in [2.24, 2.45) is 11.8 Å². The monoisotopic (exact) mass is 292 g/mol. The van der Waals surface area contributed by atoms with Crippen LogP contribution in [0.3, 0.4) is 0 Å². The van der Waals surface area contributed by atoms with Crippen LogP contribution in [0.25, 0.3) is 0 Å². The molecule has 2 rings (SSSR count). The van der Waals surface area contributed by atoms with Crippen molar-refractivity contribution in [2.45, 2.75) is 58.3 Å². The van der Waals surface area contributed by atoms with E-state index >= 15 is 0 Å². The van der Waals surface area contributed by atoms with Crippen LogP contribution in [0.2, 0.25) is 0 Å². The minimum absolute atomic E-state index is 0.0437. The maximum atomic E-state index is 6.20. The number of ether oxygens (including phenoxy) is 2. The first-order valence-corrected chi connectivity index (χ1v) is 7.68. The minimum atomic E-state index is -0.220. The second-order valence-corrected chi connectivity index (χ2v) is 6.93. The van der Waals surface area contributed by atoms with E-state index in [0.717, 1.165) is 17.7 Å². The van der Waals surface area contributed by atoms with E-state index in [0.29, 0.717) is 12.5 Å². The van der Waals surface area contributed by atoms with Gasteiger partial charge in [-0.25, -0.2) is 0 Å². The Morgan fingerprint density at radius 3 is 2.62 bits per heavy atom. The molecule has 1 aliphatic rings. The topological polar surface area (TPSA) is 56.5 Å². The Hall–Kier alpha value is -1.10. The lowest BCUT2D eigenvalue weighted by Crippen LogP contribution is -2.41. The van der Waals surface area contributed by atoms with Crippen LogP contribution in [0, 0.1) is 5.92 Å². The van der Waals surface area contributed by atoms with Crippen molar-refractivity contribution in [3.8, 4) is 5.75 Å². The van der Waals surface area contributed by atoms with Crippen LogP contribution in [0.5, 0.6) is 5.75 Å². The number of hydrogen-bond acceptors (Lipinski definition) is 4. The van der Waals surface area contributed by atoms with Crippen LogP contribution in [0.1, 0.15) is 52.6 Å². The zero-order chi connectivity index (χ0) is 15.7. The smallest absolute Gasteiger partial charge is 0.119 e. The molecule has 4 heteroatoms. The lowest BCUT2D eigenvalue weighted by molar-refractivity contribution is -0.0779. The fourth-order valence-electron chi connectivity index (χ4n) is 3.53. The summed E-state index contributed by atoms with van der Waals surface area (Å²) in [5.74, 6) is 7.05. The Morgan fingerprint density at radius 1 is 1.38 bits per heavy atom. The quantitative estimate of drug-likeness (QED) is 0.646. The lowest BCUT2D eigenvalue weighted by Gasteiger charge is -2.33. The summed E-state index contributed by atoms with van der Waals surface area (Å²) in [6.07, 6.45) is 0.966. The average Bonchev–Trinajstić information content (AvgIpc) is 2.59. The Kier molecular flexibility index (Phi) is 4.61. The van der Waals surface area contributed by atoms with E-state index in [1.54, 1.807) is 0 Å². The van der Waals surface area contributed by atoms with Gasteiger partial charge < -0.3 is 9.47 Å². The van der Waals surface area contributed by atoms with Gasteiger partial charge in [0.15, 0.2) is 0 Å². The van der Waals surface area contributed by atoms with Crippen LogP contribution in [0.4, 0.5) is 0 Å². The van der Waals surface area contributed by atoms with Crippen molar-refractivity contribution < 1.29 is 9.47 Å². The molecule has 0 radical (unpaired) electrons. The van der Waals surface area contributed by atoms with E-state index in [1.165, 1.54) is 0 Å². The number of rotatable bonds is 5. The SMILES string of the molecule is CCOc1cccc(C(NN)C2CC(C)(C)OC2(C)C)c1. The number of benzene rings is 1. The van der Waals surface area contributed by atoms with Crippen molar-refractivity contribution in [3.05, 3.63) is 29.8 Å². The highest BCUT2D eigenvalue weighted by Crippen LogP contribution is 2.47. The molecule has 1 heterocycles. The molecule has 0 spiro atoms. The van der Waals surface area contributed by atoms with Crippen molar-refractivity contribution in [1.82, 2.24) is 5.43 Å². The molecule has 2 atom stereocenters. The van der Waals surface area contributed by atoms with Crippen molar-refractivity contribution >= 4 is 0 Å². The molecule has 1 fully saturated rings. The standard InChI is InChI=1S/C17H28N2O2/c1-6-20-13-9-7-8-12(10-13)15(19-18)14-11-16(2,3)21-17(14,4)5/h7-10,14-15,19H,6,11,18H2,1-5H3. The molecule has 118 valence electrons. The molecule has 1 saturated heterocycles. The normalized spacial score (nSPS) is 24.8. The highest BCUT2D eigenvalue weighted by atomic mass is 16.5. The fraction of sp³-hybridized carbons (Fsp3) is 0.647. The van der Waals surface area contributed by atoms with Gasteiger partial charge in [-0.15, -0.1) is 0 Å². The van der Waals surface area contributed by atoms with Gasteiger partial charge in [-0.3, -0.25) is 11.3 Å². The number of nitrogens with one attached hydrogen (secondary N) is 1. The Labute approximate surface area is 128 Å². The van der Waals surface area contributed by atoms with E-state index < -0.39 is 0 Å². The Bertz CT molecular complexity index is 485. The van der Waals surface area contributed by atoms with Crippen molar-refractivity contribution in [2.75, 3.05) is 6.61 Å². The molecule has 0 saturated carbocycles. The third-order valence-corrected chi connectivity index (χ3v) is 4.25. The van der Waals surface area contributed by atoms with Gasteiger partial charge in [0.2, 0.25) is 0 Å². The van der Waals surface area contributed by atoms with E-state index in [9.17, 15) is 0 Å². The van der Waals surface area contributed by atoms with E-state index in [1.807, 2.05) is 19.1 Å². The van der Waals surface area contributed by atoms with Gasteiger partial charge in [0.25, 0.3) is 0 Å². The number of hydrogen-bond donors (Lipinski definition) is 2. The molecule has 2 unspecified atom stereocenters. The van der Waals surface area contributed by atoms with Crippen LogP contribution < -0.4 is 16.0 Å². The summed E-state index contributed by atoms with van der Waals surface area (Å²) >= 11 is 0. The van der Waals surface area contributed by atoms with Crippen molar-refractivity contribution in [3.63, 3.8) is 0 Å². The first-order chi connectivity index (χ1) is 9.79. The van der Waals surface area contributed by atoms with Crippen molar-refractivity contribution in [1.29, 1.82) is 0 Å². The Morgan fingerprint density at radius 2 is 2.10 bits per heavy atom. The molecule has 3 N–H and O–H groups in total. The molecule has 0 aliphatic carbocycles. The molecule has 1 aromatic rings. The van der Waals surface area contributed by atoms with E-state index in [4.69, 9.17) is 15.3 Å². The molecular formula is C17H28N2O2. The largest absolute Gasteiger partial charge is 0.494 e. The number of nitrogens with two attached hydrogens (primary N) is 1.